The van der Waals surface area contributed by atoms with E-state index in [0.29, 0.717) is 12.2 Å². The molecule has 0 bridgehead atoms. The van der Waals surface area contributed by atoms with Gasteiger partial charge in [0, 0.05) is 12.7 Å². The molecule has 5 heteroatoms. The Morgan fingerprint density at radius 2 is 2.09 bits per heavy atom. The van der Waals surface area contributed by atoms with E-state index in [2.05, 4.69) is 6.92 Å². The van der Waals surface area contributed by atoms with Crippen molar-refractivity contribution in [2.24, 2.45) is 0 Å². The summed E-state index contributed by atoms with van der Waals surface area (Å²) >= 11 is -0.925. The molecule has 11 heavy (non-hydrogen) atoms. The number of rotatable bonds is 4. The van der Waals surface area contributed by atoms with Crippen molar-refractivity contribution in [3.05, 3.63) is 6.92 Å². The number of hydrogen-bond acceptors (Lipinski definition) is 3. The molecular formula is C6H13O3S2. The Balaban J connectivity index is 3.81. The van der Waals surface area contributed by atoms with E-state index in [9.17, 15) is 13.0 Å². The molecule has 0 heterocycles. The molecule has 0 aliphatic heterocycles. The summed E-state index contributed by atoms with van der Waals surface area (Å²) in [5.74, 6) is 0.404. The zero-order valence-corrected chi connectivity index (χ0v) is 8.37. The highest BCUT2D eigenvalue weighted by Gasteiger charge is 2.16. The Kier molecular flexibility index (Phi) is 4.43. The van der Waals surface area contributed by atoms with Crippen molar-refractivity contribution in [3.63, 3.8) is 0 Å². The van der Waals surface area contributed by atoms with E-state index in [1.54, 1.807) is 6.26 Å². The molecule has 0 amide bonds. The molecule has 3 nitrogen and oxygen atoms in total. The minimum Gasteiger partial charge on any atom is -0.617 e. The predicted molar refractivity (Wildman–Crippen MR) is 47.5 cm³/mol. The maximum Gasteiger partial charge on any atom is 0.150 e. The minimum absolute atomic E-state index is 0.377. The van der Waals surface area contributed by atoms with Crippen LogP contribution in [0, 0.1) is 6.92 Å². The zero-order valence-electron chi connectivity index (χ0n) is 6.74. The van der Waals surface area contributed by atoms with Crippen LogP contribution in [0.1, 0.15) is 6.42 Å². The van der Waals surface area contributed by atoms with Gasteiger partial charge >= 0.3 is 0 Å². The van der Waals surface area contributed by atoms with Crippen LogP contribution in [0.15, 0.2) is 0 Å². The van der Waals surface area contributed by atoms with Gasteiger partial charge in [-0.05, 0) is 6.92 Å². The lowest BCUT2D eigenvalue weighted by Gasteiger charge is -2.09. The Bertz CT molecular complexity index is 196. The molecular weight excluding hydrogens is 184 g/mol. The molecule has 0 fully saturated rings. The van der Waals surface area contributed by atoms with Gasteiger partial charge in [0.05, 0.1) is 11.5 Å². The molecule has 0 aromatic heterocycles. The summed E-state index contributed by atoms with van der Waals surface area (Å²) in [6, 6.07) is 0. The van der Waals surface area contributed by atoms with Crippen LogP contribution in [0.25, 0.3) is 0 Å². The topological polar surface area (TPSA) is 57.2 Å². The van der Waals surface area contributed by atoms with E-state index >= 15 is 0 Å². The Morgan fingerprint density at radius 1 is 1.64 bits per heavy atom. The van der Waals surface area contributed by atoms with Crippen LogP contribution < -0.4 is 0 Å². The second-order valence-electron chi connectivity index (χ2n) is 2.52. The monoisotopic (exact) mass is 197 g/mol. The van der Waals surface area contributed by atoms with Crippen molar-refractivity contribution in [2.75, 3.05) is 18.3 Å². The standard InChI is InChI=1S/C6H13O3S2/c1-6(11(3,8)9)4-5-10(2)7/h6H,1,4-5H2,2-3H3. The number of sulfone groups is 1. The molecule has 2 atom stereocenters. The Hall–Kier alpha value is 0.260. The third-order valence-electron chi connectivity index (χ3n) is 1.33. The summed E-state index contributed by atoms with van der Waals surface area (Å²) in [4.78, 5) is 0. The van der Waals surface area contributed by atoms with E-state index < -0.39 is 26.3 Å². The molecule has 0 aromatic carbocycles. The molecule has 0 saturated heterocycles. The summed E-state index contributed by atoms with van der Waals surface area (Å²) in [7, 11) is -3.04. The summed E-state index contributed by atoms with van der Waals surface area (Å²) in [5, 5.41) is -0.619. The largest absolute Gasteiger partial charge is 0.617 e. The van der Waals surface area contributed by atoms with E-state index in [1.807, 2.05) is 0 Å². The first-order valence-corrected chi connectivity index (χ1v) is 6.84. The van der Waals surface area contributed by atoms with Gasteiger partial charge in [0.25, 0.3) is 0 Å². The fraction of sp³-hybridized carbons (Fsp3) is 0.833. The maximum atomic E-state index is 10.8. The second kappa shape index (κ2) is 4.33. The molecule has 67 valence electrons. The zero-order chi connectivity index (χ0) is 9.07. The summed E-state index contributed by atoms with van der Waals surface area (Å²) < 4.78 is 32.1. The average Bonchev–Trinajstić information content (AvgIpc) is 1.80. The molecule has 0 aromatic rings. The fourth-order valence-electron chi connectivity index (χ4n) is 0.511. The van der Waals surface area contributed by atoms with Crippen LogP contribution in [0.2, 0.25) is 0 Å². The van der Waals surface area contributed by atoms with Crippen molar-refractivity contribution in [3.8, 4) is 0 Å². The first kappa shape index (κ1) is 11.3. The van der Waals surface area contributed by atoms with Crippen molar-refractivity contribution in [2.45, 2.75) is 11.7 Å². The van der Waals surface area contributed by atoms with Crippen molar-refractivity contribution < 1.29 is 13.0 Å². The lowest BCUT2D eigenvalue weighted by atomic mass is 10.4. The van der Waals surface area contributed by atoms with E-state index in [4.69, 9.17) is 0 Å². The SMILES string of the molecule is [CH2]C(CC[S+](C)[O-])S(C)(=O)=O. The van der Waals surface area contributed by atoms with E-state index in [-0.39, 0.29) is 0 Å². The fourth-order valence-corrected chi connectivity index (χ4v) is 1.82. The Morgan fingerprint density at radius 3 is 2.36 bits per heavy atom. The smallest absolute Gasteiger partial charge is 0.150 e. The van der Waals surface area contributed by atoms with Gasteiger partial charge in [-0.2, -0.15) is 0 Å². The lowest BCUT2D eigenvalue weighted by molar-refractivity contribution is 0.587. The third kappa shape index (κ3) is 5.52. The highest BCUT2D eigenvalue weighted by molar-refractivity contribution is 7.92. The van der Waals surface area contributed by atoms with Gasteiger partial charge in [0.2, 0.25) is 0 Å². The summed E-state index contributed by atoms with van der Waals surface area (Å²) in [5.41, 5.74) is 0. The molecule has 0 N–H and O–H groups in total. The summed E-state index contributed by atoms with van der Waals surface area (Å²) in [6.07, 6.45) is 3.07. The van der Waals surface area contributed by atoms with Gasteiger partial charge in [-0.1, -0.05) is 11.2 Å². The molecule has 0 saturated carbocycles. The van der Waals surface area contributed by atoms with Gasteiger partial charge < -0.3 is 4.55 Å². The molecule has 0 rings (SSSR count). The molecule has 0 aliphatic carbocycles. The van der Waals surface area contributed by atoms with Crippen LogP contribution >= 0.6 is 0 Å². The van der Waals surface area contributed by atoms with E-state index in [0.717, 1.165) is 6.26 Å². The van der Waals surface area contributed by atoms with Crippen LogP contribution in [-0.4, -0.2) is 36.5 Å². The molecule has 1 radical (unpaired) electrons. The molecule has 0 aliphatic rings. The van der Waals surface area contributed by atoms with Crippen molar-refractivity contribution >= 4 is 21.0 Å². The van der Waals surface area contributed by atoms with Gasteiger partial charge in [0.1, 0.15) is 15.6 Å². The highest BCUT2D eigenvalue weighted by Crippen LogP contribution is 2.04. The quantitative estimate of drug-likeness (QED) is 0.596. The normalized spacial score (nSPS) is 17.8. The minimum atomic E-state index is -3.04. The highest BCUT2D eigenvalue weighted by atomic mass is 32.2. The number of hydrogen-bond donors (Lipinski definition) is 0. The summed E-state index contributed by atoms with van der Waals surface area (Å²) in [6.45, 7) is 3.46. The second-order valence-corrected chi connectivity index (χ2v) is 6.40. The third-order valence-corrected chi connectivity index (χ3v) is 3.59. The van der Waals surface area contributed by atoms with Crippen LogP contribution in [0.4, 0.5) is 0 Å². The predicted octanol–water partition coefficient (Wildman–Crippen LogP) is 0.00229. The van der Waals surface area contributed by atoms with Crippen LogP contribution in [-0.2, 0) is 21.0 Å². The van der Waals surface area contributed by atoms with E-state index in [1.165, 1.54) is 0 Å². The first-order valence-electron chi connectivity index (χ1n) is 3.16. The maximum absolute atomic E-state index is 10.8. The lowest BCUT2D eigenvalue weighted by Crippen LogP contribution is -2.20. The van der Waals surface area contributed by atoms with Gasteiger partial charge in [-0.25, -0.2) is 8.42 Å². The van der Waals surface area contributed by atoms with Gasteiger partial charge in [-0.3, -0.25) is 0 Å². The van der Waals surface area contributed by atoms with Crippen molar-refractivity contribution in [1.82, 2.24) is 0 Å². The first-order chi connectivity index (χ1) is 4.84. The van der Waals surface area contributed by atoms with Gasteiger partial charge in [-0.15, -0.1) is 0 Å². The average molecular weight is 197 g/mol. The molecule has 0 spiro atoms. The van der Waals surface area contributed by atoms with Crippen LogP contribution in [0.5, 0.6) is 0 Å². The van der Waals surface area contributed by atoms with Crippen molar-refractivity contribution in [1.29, 1.82) is 0 Å². The molecule has 2 unspecified atom stereocenters. The van der Waals surface area contributed by atoms with Gasteiger partial charge in [0.15, 0.2) is 0 Å². The van der Waals surface area contributed by atoms with Crippen LogP contribution in [0.3, 0.4) is 0 Å². The Labute approximate surface area is 71.3 Å².